The molecule has 0 aliphatic carbocycles. The van der Waals surface area contributed by atoms with E-state index in [4.69, 9.17) is 17.3 Å². The predicted molar refractivity (Wildman–Crippen MR) is 70.0 cm³/mol. The molecule has 0 radical (unpaired) electrons. The van der Waals surface area contributed by atoms with Crippen LogP contribution in [0.2, 0.25) is 5.02 Å². The molecule has 86 valence electrons. The minimum absolute atomic E-state index is 0.0810. The zero-order valence-corrected chi connectivity index (χ0v) is 10.4. The molecule has 2 aromatic rings. The van der Waals surface area contributed by atoms with Crippen molar-refractivity contribution < 1.29 is 0 Å². The maximum Gasteiger partial charge on any atom is 0.0647 e. The van der Waals surface area contributed by atoms with E-state index in [1.165, 1.54) is 10.9 Å². The van der Waals surface area contributed by atoms with E-state index in [0.717, 1.165) is 17.0 Å². The molecule has 1 heterocycles. The van der Waals surface area contributed by atoms with Crippen LogP contribution in [0, 0.1) is 0 Å². The molecule has 3 heteroatoms. The van der Waals surface area contributed by atoms with Crippen LogP contribution in [0.4, 0.5) is 0 Å². The number of hydrogen-bond donors (Lipinski definition) is 2. The summed E-state index contributed by atoms with van der Waals surface area (Å²) in [6.07, 6.45) is 3.01. The number of benzene rings is 1. The Bertz CT molecular complexity index is 500. The number of aromatic amines is 1. The second-order valence-electron chi connectivity index (χ2n) is 4.79. The number of nitrogens with one attached hydrogen (secondary N) is 1. The standard InChI is InChI=1S/C13H17ClN2/c1-13(2,6-7-15)10-8-16-12-9(10)4-3-5-11(12)14/h3-5,8,16H,6-7,15H2,1-2H3. The van der Waals surface area contributed by atoms with Gasteiger partial charge in [-0.15, -0.1) is 0 Å². The summed E-state index contributed by atoms with van der Waals surface area (Å²) < 4.78 is 0. The highest BCUT2D eigenvalue weighted by Crippen LogP contribution is 2.34. The summed E-state index contributed by atoms with van der Waals surface area (Å²) in [5, 5.41) is 1.97. The van der Waals surface area contributed by atoms with E-state index in [1.54, 1.807) is 0 Å². The van der Waals surface area contributed by atoms with Crippen LogP contribution in [0.5, 0.6) is 0 Å². The number of rotatable bonds is 3. The van der Waals surface area contributed by atoms with Gasteiger partial charge in [0.25, 0.3) is 0 Å². The van der Waals surface area contributed by atoms with Crippen LogP contribution in [0.3, 0.4) is 0 Å². The predicted octanol–water partition coefficient (Wildman–Crippen LogP) is 3.45. The van der Waals surface area contributed by atoms with Gasteiger partial charge in [0, 0.05) is 11.6 Å². The monoisotopic (exact) mass is 236 g/mol. The summed E-state index contributed by atoms with van der Waals surface area (Å²) in [7, 11) is 0. The van der Waals surface area contributed by atoms with Crippen LogP contribution in [0.1, 0.15) is 25.8 Å². The van der Waals surface area contributed by atoms with Gasteiger partial charge in [-0.25, -0.2) is 0 Å². The van der Waals surface area contributed by atoms with Crippen molar-refractivity contribution in [1.82, 2.24) is 4.98 Å². The molecule has 1 aromatic carbocycles. The van der Waals surface area contributed by atoms with Gasteiger partial charge < -0.3 is 10.7 Å². The highest BCUT2D eigenvalue weighted by molar-refractivity contribution is 6.35. The van der Waals surface area contributed by atoms with Crippen molar-refractivity contribution in [3.8, 4) is 0 Å². The molecule has 0 spiro atoms. The second kappa shape index (κ2) is 4.11. The van der Waals surface area contributed by atoms with Crippen LogP contribution < -0.4 is 5.73 Å². The third-order valence-electron chi connectivity index (χ3n) is 3.16. The van der Waals surface area contributed by atoms with Crippen LogP contribution in [0.25, 0.3) is 10.9 Å². The number of nitrogens with two attached hydrogens (primary N) is 1. The van der Waals surface area contributed by atoms with Crippen molar-refractivity contribution in [2.45, 2.75) is 25.7 Å². The first-order valence-electron chi connectivity index (χ1n) is 5.52. The van der Waals surface area contributed by atoms with Crippen LogP contribution in [0.15, 0.2) is 24.4 Å². The molecule has 1 aromatic heterocycles. The summed E-state index contributed by atoms with van der Waals surface area (Å²) in [5.41, 5.74) is 8.04. The van der Waals surface area contributed by atoms with E-state index in [-0.39, 0.29) is 5.41 Å². The van der Waals surface area contributed by atoms with Crippen molar-refractivity contribution in [1.29, 1.82) is 0 Å². The highest BCUT2D eigenvalue weighted by Gasteiger charge is 2.23. The lowest BCUT2D eigenvalue weighted by Gasteiger charge is -2.23. The van der Waals surface area contributed by atoms with E-state index < -0.39 is 0 Å². The van der Waals surface area contributed by atoms with E-state index in [2.05, 4.69) is 24.9 Å². The number of H-pyrrole nitrogens is 1. The molecule has 16 heavy (non-hydrogen) atoms. The van der Waals surface area contributed by atoms with Gasteiger partial charge in [0.1, 0.15) is 0 Å². The minimum Gasteiger partial charge on any atom is -0.360 e. The average Bonchev–Trinajstić information content (AvgIpc) is 2.63. The summed E-state index contributed by atoms with van der Waals surface area (Å²) in [6, 6.07) is 5.99. The first-order chi connectivity index (χ1) is 7.56. The Labute approximate surface area is 101 Å². The molecule has 0 amide bonds. The molecular formula is C13H17ClN2. The molecule has 2 rings (SSSR count). The number of aromatic nitrogens is 1. The number of hydrogen-bond acceptors (Lipinski definition) is 1. The van der Waals surface area contributed by atoms with Gasteiger partial charge in [0.2, 0.25) is 0 Å². The molecule has 0 saturated heterocycles. The molecule has 2 nitrogen and oxygen atoms in total. The lowest BCUT2D eigenvalue weighted by molar-refractivity contribution is 0.491. The van der Waals surface area contributed by atoms with Crippen molar-refractivity contribution >= 4 is 22.5 Å². The van der Waals surface area contributed by atoms with E-state index in [0.29, 0.717) is 6.54 Å². The van der Waals surface area contributed by atoms with Gasteiger partial charge in [-0.3, -0.25) is 0 Å². The smallest absolute Gasteiger partial charge is 0.0647 e. The molecule has 0 atom stereocenters. The third-order valence-corrected chi connectivity index (χ3v) is 3.48. The number of para-hydroxylation sites is 1. The SMILES string of the molecule is CC(C)(CCN)c1c[nH]c2c(Cl)cccc12. The molecule has 0 saturated carbocycles. The first kappa shape index (κ1) is 11.5. The lowest BCUT2D eigenvalue weighted by Crippen LogP contribution is -2.21. The number of fused-ring (bicyclic) bond motifs is 1. The van der Waals surface area contributed by atoms with Crippen molar-refractivity contribution in [3.05, 3.63) is 35.0 Å². The Hall–Kier alpha value is -0.990. The normalized spacial score (nSPS) is 12.2. The van der Waals surface area contributed by atoms with Gasteiger partial charge in [-0.05, 0) is 30.0 Å². The molecule has 0 unspecified atom stereocenters. The topological polar surface area (TPSA) is 41.8 Å². The lowest BCUT2D eigenvalue weighted by atomic mass is 9.81. The summed E-state index contributed by atoms with van der Waals surface area (Å²) in [5.74, 6) is 0. The van der Waals surface area contributed by atoms with Gasteiger partial charge in [0.05, 0.1) is 10.5 Å². The molecule has 0 bridgehead atoms. The first-order valence-corrected chi connectivity index (χ1v) is 5.90. The quantitative estimate of drug-likeness (QED) is 0.842. The minimum atomic E-state index is 0.0810. The Morgan fingerprint density at radius 1 is 1.38 bits per heavy atom. The maximum atomic E-state index is 6.14. The number of halogens is 1. The fourth-order valence-corrected chi connectivity index (χ4v) is 2.40. The Balaban J connectivity index is 2.58. The Kier molecular flexibility index (Phi) is 2.96. The van der Waals surface area contributed by atoms with E-state index in [1.807, 2.05) is 18.3 Å². The van der Waals surface area contributed by atoms with Crippen molar-refractivity contribution in [2.24, 2.45) is 5.73 Å². The van der Waals surface area contributed by atoms with Crippen molar-refractivity contribution in [3.63, 3.8) is 0 Å². The molecule has 0 fully saturated rings. The summed E-state index contributed by atoms with van der Waals surface area (Å²) >= 11 is 6.14. The maximum absolute atomic E-state index is 6.14. The zero-order valence-electron chi connectivity index (χ0n) is 9.68. The van der Waals surface area contributed by atoms with Crippen LogP contribution in [-0.2, 0) is 5.41 Å². The average molecular weight is 237 g/mol. The molecule has 0 aliphatic rings. The van der Waals surface area contributed by atoms with E-state index >= 15 is 0 Å². The van der Waals surface area contributed by atoms with Gasteiger partial charge in [-0.2, -0.15) is 0 Å². The molecule has 3 N–H and O–H groups in total. The fourth-order valence-electron chi connectivity index (χ4n) is 2.17. The molecule has 0 aliphatic heterocycles. The fraction of sp³-hybridized carbons (Fsp3) is 0.385. The third kappa shape index (κ3) is 1.83. The van der Waals surface area contributed by atoms with Gasteiger partial charge in [0.15, 0.2) is 0 Å². The van der Waals surface area contributed by atoms with E-state index in [9.17, 15) is 0 Å². The Morgan fingerprint density at radius 3 is 2.81 bits per heavy atom. The van der Waals surface area contributed by atoms with Gasteiger partial charge in [-0.1, -0.05) is 37.6 Å². The second-order valence-corrected chi connectivity index (χ2v) is 5.19. The zero-order chi connectivity index (χ0) is 11.8. The van der Waals surface area contributed by atoms with Gasteiger partial charge >= 0.3 is 0 Å². The largest absolute Gasteiger partial charge is 0.360 e. The summed E-state index contributed by atoms with van der Waals surface area (Å²) in [4.78, 5) is 3.25. The highest BCUT2D eigenvalue weighted by atomic mass is 35.5. The van der Waals surface area contributed by atoms with Crippen molar-refractivity contribution in [2.75, 3.05) is 6.54 Å². The van der Waals surface area contributed by atoms with Crippen LogP contribution in [-0.4, -0.2) is 11.5 Å². The van der Waals surface area contributed by atoms with Crippen LogP contribution >= 0.6 is 11.6 Å². The Morgan fingerprint density at radius 2 is 2.12 bits per heavy atom. The summed E-state index contributed by atoms with van der Waals surface area (Å²) in [6.45, 7) is 5.12. The molecular weight excluding hydrogens is 220 g/mol.